The summed E-state index contributed by atoms with van der Waals surface area (Å²) in [5.74, 6) is 2.07. The zero-order chi connectivity index (χ0) is 23.8. The van der Waals surface area contributed by atoms with E-state index in [0.29, 0.717) is 60.3 Å². The fourth-order valence-corrected chi connectivity index (χ4v) is 3.81. The number of nitrogens with zero attached hydrogens (tertiary/aromatic N) is 1. The molecular weight excluding hydrogens is 426 g/mol. The fourth-order valence-electron chi connectivity index (χ4n) is 3.81. The van der Waals surface area contributed by atoms with Crippen molar-refractivity contribution in [3.05, 3.63) is 36.4 Å². The number of anilines is 2. The third kappa shape index (κ3) is 6.29. The Bertz CT molecular complexity index is 973. The largest absolute Gasteiger partial charge is 0.497 e. The van der Waals surface area contributed by atoms with E-state index in [0.717, 1.165) is 0 Å². The first-order chi connectivity index (χ1) is 16.0. The van der Waals surface area contributed by atoms with Gasteiger partial charge >= 0.3 is 0 Å². The molecule has 0 unspecified atom stereocenters. The first kappa shape index (κ1) is 24.2. The second-order valence-electron chi connectivity index (χ2n) is 7.72. The number of carbonyl (C=O) groups excluding carboxylic acids is 2. The highest BCUT2D eigenvalue weighted by molar-refractivity contribution is 5.94. The maximum Gasteiger partial charge on any atom is 0.238 e. The van der Waals surface area contributed by atoms with E-state index in [1.165, 1.54) is 0 Å². The van der Waals surface area contributed by atoms with Crippen LogP contribution in [0.4, 0.5) is 11.4 Å². The molecule has 1 aliphatic rings. The van der Waals surface area contributed by atoms with Crippen molar-refractivity contribution in [2.75, 3.05) is 58.7 Å². The Hall–Kier alpha value is -3.46. The van der Waals surface area contributed by atoms with Crippen molar-refractivity contribution in [2.24, 2.45) is 5.92 Å². The molecule has 0 saturated carbocycles. The molecule has 2 N–H and O–H groups in total. The molecule has 33 heavy (non-hydrogen) atoms. The van der Waals surface area contributed by atoms with Gasteiger partial charge in [-0.1, -0.05) is 0 Å². The molecule has 178 valence electrons. The van der Waals surface area contributed by atoms with Crippen LogP contribution < -0.4 is 29.6 Å². The van der Waals surface area contributed by atoms with Gasteiger partial charge < -0.3 is 29.6 Å². The number of methoxy groups -OCH3 is 4. The van der Waals surface area contributed by atoms with Crippen molar-refractivity contribution >= 4 is 23.2 Å². The zero-order valence-corrected chi connectivity index (χ0v) is 19.5. The SMILES string of the molecule is COc1ccc(NC(=O)C2CCN(CC(=O)Nc3ccc(OC)c(OC)c3)CC2)c(OC)c1. The van der Waals surface area contributed by atoms with Crippen molar-refractivity contribution in [2.45, 2.75) is 12.8 Å². The minimum atomic E-state index is -0.123. The maximum absolute atomic E-state index is 12.8. The maximum atomic E-state index is 12.8. The van der Waals surface area contributed by atoms with Crippen molar-refractivity contribution < 1.29 is 28.5 Å². The quantitative estimate of drug-likeness (QED) is 0.597. The first-order valence-corrected chi connectivity index (χ1v) is 10.7. The lowest BCUT2D eigenvalue weighted by molar-refractivity contribution is -0.121. The van der Waals surface area contributed by atoms with Gasteiger partial charge in [-0.3, -0.25) is 14.5 Å². The van der Waals surface area contributed by atoms with E-state index < -0.39 is 0 Å². The Kier molecular flexibility index (Phi) is 8.37. The number of nitrogens with one attached hydrogen (secondary N) is 2. The third-order valence-electron chi connectivity index (χ3n) is 5.66. The lowest BCUT2D eigenvalue weighted by Crippen LogP contribution is -2.41. The van der Waals surface area contributed by atoms with E-state index in [4.69, 9.17) is 18.9 Å². The molecular formula is C24H31N3O6. The van der Waals surface area contributed by atoms with E-state index in [-0.39, 0.29) is 24.3 Å². The molecule has 2 amide bonds. The summed E-state index contributed by atoms with van der Waals surface area (Å²) in [6, 6.07) is 10.5. The average Bonchev–Trinajstić information content (AvgIpc) is 2.84. The van der Waals surface area contributed by atoms with E-state index in [2.05, 4.69) is 10.6 Å². The summed E-state index contributed by atoms with van der Waals surface area (Å²) in [6.07, 6.45) is 1.35. The normalized spacial score (nSPS) is 14.3. The number of ether oxygens (including phenoxy) is 4. The summed E-state index contributed by atoms with van der Waals surface area (Å²) in [7, 11) is 6.24. The average molecular weight is 458 g/mol. The number of rotatable bonds is 9. The Morgan fingerprint density at radius 3 is 2.18 bits per heavy atom. The lowest BCUT2D eigenvalue weighted by Gasteiger charge is -2.30. The van der Waals surface area contributed by atoms with Gasteiger partial charge in [0.1, 0.15) is 11.5 Å². The lowest BCUT2D eigenvalue weighted by atomic mass is 9.95. The summed E-state index contributed by atoms with van der Waals surface area (Å²) in [5, 5.41) is 5.84. The Labute approximate surface area is 193 Å². The topological polar surface area (TPSA) is 98.4 Å². The van der Waals surface area contributed by atoms with E-state index >= 15 is 0 Å². The van der Waals surface area contributed by atoms with Crippen LogP contribution in [0.25, 0.3) is 0 Å². The summed E-state index contributed by atoms with van der Waals surface area (Å²) in [6.45, 7) is 1.59. The second-order valence-corrected chi connectivity index (χ2v) is 7.72. The van der Waals surface area contributed by atoms with E-state index in [9.17, 15) is 9.59 Å². The minimum absolute atomic E-state index is 0.0482. The highest BCUT2D eigenvalue weighted by Crippen LogP contribution is 2.31. The molecule has 1 aliphatic heterocycles. The van der Waals surface area contributed by atoms with Crippen LogP contribution in [-0.4, -0.2) is 64.8 Å². The molecule has 9 nitrogen and oxygen atoms in total. The predicted octanol–water partition coefficient (Wildman–Crippen LogP) is 3.01. The van der Waals surface area contributed by atoms with Gasteiger partial charge in [-0.2, -0.15) is 0 Å². The molecule has 0 atom stereocenters. The highest BCUT2D eigenvalue weighted by Gasteiger charge is 2.26. The smallest absolute Gasteiger partial charge is 0.238 e. The number of carbonyl (C=O) groups is 2. The van der Waals surface area contributed by atoms with E-state index in [1.54, 1.807) is 64.8 Å². The number of piperidine rings is 1. The third-order valence-corrected chi connectivity index (χ3v) is 5.66. The van der Waals surface area contributed by atoms with Crippen molar-refractivity contribution in [1.82, 2.24) is 4.90 Å². The van der Waals surface area contributed by atoms with Gasteiger partial charge in [-0.15, -0.1) is 0 Å². The molecule has 9 heteroatoms. The minimum Gasteiger partial charge on any atom is -0.497 e. The molecule has 1 heterocycles. The summed E-state index contributed by atoms with van der Waals surface area (Å²) in [4.78, 5) is 27.3. The van der Waals surface area contributed by atoms with E-state index in [1.807, 2.05) is 4.90 Å². The van der Waals surface area contributed by atoms with Crippen molar-refractivity contribution in [1.29, 1.82) is 0 Å². The van der Waals surface area contributed by atoms with Crippen molar-refractivity contribution in [3.63, 3.8) is 0 Å². The van der Waals surface area contributed by atoms with Gasteiger partial charge in [0.15, 0.2) is 11.5 Å². The zero-order valence-electron chi connectivity index (χ0n) is 19.5. The van der Waals surface area contributed by atoms with Gasteiger partial charge in [0.2, 0.25) is 11.8 Å². The molecule has 3 rings (SSSR count). The van der Waals surface area contributed by atoms with Gasteiger partial charge in [0.25, 0.3) is 0 Å². The highest BCUT2D eigenvalue weighted by atomic mass is 16.5. The fraction of sp³-hybridized carbons (Fsp3) is 0.417. The monoisotopic (exact) mass is 457 g/mol. The second kappa shape index (κ2) is 11.4. The predicted molar refractivity (Wildman–Crippen MR) is 126 cm³/mol. The standard InChI is InChI=1S/C24H31N3O6/c1-30-18-6-7-19(21(14-18)32-3)26-24(29)16-9-11-27(12-10-16)15-23(28)25-17-5-8-20(31-2)22(13-17)33-4/h5-8,13-14,16H,9-12,15H2,1-4H3,(H,25,28)(H,26,29). The number of amides is 2. The Balaban J connectivity index is 1.48. The van der Waals surface area contributed by atoms with Gasteiger partial charge in [-0.25, -0.2) is 0 Å². The van der Waals surface area contributed by atoms with Crippen LogP contribution in [0.2, 0.25) is 0 Å². The summed E-state index contributed by atoms with van der Waals surface area (Å²) < 4.78 is 21.0. The Morgan fingerprint density at radius 2 is 1.55 bits per heavy atom. The number of likely N-dealkylation sites (tertiary alicyclic amines) is 1. The molecule has 0 spiro atoms. The first-order valence-electron chi connectivity index (χ1n) is 10.7. The number of hydrogen-bond acceptors (Lipinski definition) is 7. The number of benzene rings is 2. The molecule has 2 aromatic carbocycles. The summed E-state index contributed by atoms with van der Waals surface area (Å²) in [5.41, 5.74) is 1.25. The molecule has 2 aromatic rings. The van der Waals surface area contributed by atoms with Crippen LogP contribution in [0.1, 0.15) is 12.8 Å². The Morgan fingerprint density at radius 1 is 0.848 bits per heavy atom. The van der Waals surface area contributed by atoms with Gasteiger partial charge in [-0.05, 0) is 50.2 Å². The molecule has 1 saturated heterocycles. The summed E-state index contributed by atoms with van der Waals surface area (Å²) >= 11 is 0. The van der Waals surface area contributed by atoms with Crippen LogP contribution in [0.3, 0.4) is 0 Å². The molecule has 0 aliphatic carbocycles. The van der Waals surface area contributed by atoms with Crippen molar-refractivity contribution in [3.8, 4) is 23.0 Å². The molecule has 0 radical (unpaired) electrons. The van der Waals surface area contributed by atoms with Crippen LogP contribution in [0.5, 0.6) is 23.0 Å². The van der Waals surface area contributed by atoms with Crippen LogP contribution in [0, 0.1) is 5.92 Å². The van der Waals surface area contributed by atoms with Gasteiger partial charge in [0, 0.05) is 23.7 Å². The molecule has 1 fully saturated rings. The van der Waals surface area contributed by atoms with Crippen LogP contribution in [0.15, 0.2) is 36.4 Å². The molecule has 0 bridgehead atoms. The number of hydrogen-bond donors (Lipinski definition) is 2. The van der Waals surface area contributed by atoms with Crippen LogP contribution >= 0.6 is 0 Å². The van der Waals surface area contributed by atoms with Gasteiger partial charge in [0.05, 0.1) is 40.7 Å². The van der Waals surface area contributed by atoms with Crippen LogP contribution in [-0.2, 0) is 9.59 Å². The molecule has 0 aromatic heterocycles.